The summed E-state index contributed by atoms with van der Waals surface area (Å²) in [5.74, 6) is 0.00554. The topological polar surface area (TPSA) is 54.5 Å². The fourth-order valence-corrected chi connectivity index (χ4v) is 2.76. The van der Waals surface area contributed by atoms with Crippen molar-refractivity contribution >= 4 is 37.2 Å². The fraction of sp³-hybridized carbons (Fsp3) is 0.462. The smallest absolute Gasteiger partial charge is 0.261 e. The van der Waals surface area contributed by atoms with Crippen molar-refractivity contribution in [1.29, 1.82) is 0 Å². The maximum Gasteiger partial charge on any atom is 0.261 e. The maximum atomic E-state index is 12.4. The first-order valence-electron chi connectivity index (χ1n) is 6.20. The quantitative estimate of drug-likeness (QED) is 0.774. The number of hydrogen-bond donors (Lipinski definition) is 0. The molecule has 0 aromatic heterocycles. The van der Waals surface area contributed by atoms with Gasteiger partial charge in [-0.15, -0.1) is 0 Å². The SMILES string of the molecule is CCN(CC(C)C)C(=O)c1cc(S(=O)(=O)Cl)ccc1Cl. The molecule has 112 valence electrons. The second-order valence-electron chi connectivity index (χ2n) is 4.82. The molecule has 0 atom stereocenters. The third kappa shape index (κ3) is 4.36. The second kappa shape index (κ2) is 6.78. The molecule has 0 fully saturated rings. The molecule has 0 bridgehead atoms. The zero-order valence-electron chi connectivity index (χ0n) is 11.6. The Morgan fingerprint density at radius 2 is 1.95 bits per heavy atom. The van der Waals surface area contributed by atoms with Crippen LogP contribution in [0, 0.1) is 5.92 Å². The molecule has 0 N–H and O–H groups in total. The highest BCUT2D eigenvalue weighted by molar-refractivity contribution is 8.13. The highest BCUT2D eigenvalue weighted by atomic mass is 35.7. The second-order valence-corrected chi connectivity index (χ2v) is 7.79. The van der Waals surface area contributed by atoms with Crippen LogP contribution in [0.5, 0.6) is 0 Å². The molecule has 0 heterocycles. The fourth-order valence-electron chi connectivity index (χ4n) is 1.79. The van der Waals surface area contributed by atoms with E-state index in [1.807, 2.05) is 20.8 Å². The molecule has 0 aliphatic heterocycles. The Morgan fingerprint density at radius 3 is 2.40 bits per heavy atom. The summed E-state index contributed by atoms with van der Waals surface area (Å²) in [6, 6.07) is 3.86. The summed E-state index contributed by atoms with van der Waals surface area (Å²) < 4.78 is 22.7. The summed E-state index contributed by atoms with van der Waals surface area (Å²) in [7, 11) is 1.40. The van der Waals surface area contributed by atoms with Crippen molar-refractivity contribution in [2.45, 2.75) is 25.7 Å². The number of carbonyl (C=O) groups excluding carboxylic acids is 1. The van der Waals surface area contributed by atoms with Crippen LogP contribution >= 0.6 is 22.3 Å². The molecular formula is C13H17Cl2NO3S. The van der Waals surface area contributed by atoms with Crippen LogP contribution in [-0.4, -0.2) is 32.3 Å². The van der Waals surface area contributed by atoms with E-state index in [0.29, 0.717) is 19.0 Å². The van der Waals surface area contributed by atoms with Gasteiger partial charge in [0.25, 0.3) is 15.0 Å². The lowest BCUT2D eigenvalue weighted by Gasteiger charge is -2.23. The van der Waals surface area contributed by atoms with E-state index < -0.39 is 9.05 Å². The van der Waals surface area contributed by atoms with Gasteiger partial charge in [-0.2, -0.15) is 0 Å². The highest BCUT2D eigenvalue weighted by Gasteiger charge is 2.21. The van der Waals surface area contributed by atoms with Crippen molar-refractivity contribution in [3.8, 4) is 0 Å². The first-order valence-corrected chi connectivity index (χ1v) is 8.89. The van der Waals surface area contributed by atoms with Gasteiger partial charge in [0.05, 0.1) is 15.5 Å². The molecule has 0 saturated carbocycles. The molecule has 7 heteroatoms. The lowest BCUT2D eigenvalue weighted by atomic mass is 10.1. The minimum absolute atomic E-state index is 0.132. The zero-order valence-corrected chi connectivity index (χ0v) is 13.9. The number of nitrogens with zero attached hydrogens (tertiary/aromatic N) is 1. The van der Waals surface area contributed by atoms with Gasteiger partial charge in [-0.1, -0.05) is 25.4 Å². The number of amides is 1. The summed E-state index contributed by atoms with van der Waals surface area (Å²) in [6.45, 7) is 6.94. The number of hydrogen-bond acceptors (Lipinski definition) is 3. The predicted octanol–water partition coefficient (Wildman–Crippen LogP) is 3.39. The molecule has 0 radical (unpaired) electrons. The van der Waals surface area contributed by atoms with E-state index >= 15 is 0 Å². The molecule has 1 rings (SSSR count). The monoisotopic (exact) mass is 337 g/mol. The van der Waals surface area contributed by atoms with Gasteiger partial charge in [-0.05, 0) is 31.0 Å². The third-order valence-corrected chi connectivity index (χ3v) is 4.39. The minimum Gasteiger partial charge on any atom is -0.339 e. The van der Waals surface area contributed by atoms with E-state index in [-0.39, 0.29) is 21.4 Å². The van der Waals surface area contributed by atoms with Gasteiger partial charge < -0.3 is 4.90 Å². The molecule has 0 aliphatic rings. The van der Waals surface area contributed by atoms with Crippen LogP contribution in [0.4, 0.5) is 0 Å². The largest absolute Gasteiger partial charge is 0.339 e. The summed E-state index contributed by atoms with van der Waals surface area (Å²) in [4.78, 5) is 13.9. The predicted molar refractivity (Wildman–Crippen MR) is 80.9 cm³/mol. The van der Waals surface area contributed by atoms with Crippen LogP contribution < -0.4 is 0 Å². The number of halogens is 2. The van der Waals surface area contributed by atoms with Crippen molar-refractivity contribution in [1.82, 2.24) is 4.90 Å². The van der Waals surface area contributed by atoms with E-state index in [0.717, 1.165) is 0 Å². The Kier molecular flexibility index (Phi) is 5.86. The molecule has 0 aliphatic carbocycles. The van der Waals surface area contributed by atoms with E-state index in [2.05, 4.69) is 0 Å². The Balaban J connectivity index is 3.21. The molecule has 1 aromatic rings. The van der Waals surface area contributed by atoms with Crippen LogP contribution in [0.15, 0.2) is 23.1 Å². The average molecular weight is 338 g/mol. The van der Waals surface area contributed by atoms with Gasteiger partial charge in [0.1, 0.15) is 0 Å². The highest BCUT2D eigenvalue weighted by Crippen LogP contribution is 2.24. The Labute approximate surface area is 129 Å². The van der Waals surface area contributed by atoms with Crippen molar-refractivity contribution in [2.24, 2.45) is 5.92 Å². The molecule has 0 spiro atoms. The number of rotatable bonds is 5. The molecule has 0 saturated heterocycles. The van der Waals surface area contributed by atoms with E-state index in [1.165, 1.54) is 18.2 Å². The Bertz CT molecular complexity index is 600. The molecule has 1 aromatic carbocycles. The van der Waals surface area contributed by atoms with Gasteiger partial charge in [-0.3, -0.25) is 4.79 Å². The van der Waals surface area contributed by atoms with E-state index in [4.69, 9.17) is 22.3 Å². The van der Waals surface area contributed by atoms with Crippen LogP contribution in [0.25, 0.3) is 0 Å². The van der Waals surface area contributed by atoms with Crippen molar-refractivity contribution in [3.63, 3.8) is 0 Å². The summed E-state index contributed by atoms with van der Waals surface area (Å²) in [5, 5.41) is 0.210. The van der Waals surface area contributed by atoms with Crippen LogP contribution in [0.1, 0.15) is 31.1 Å². The Morgan fingerprint density at radius 1 is 1.35 bits per heavy atom. The number of benzene rings is 1. The summed E-state index contributed by atoms with van der Waals surface area (Å²) >= 11 is 5.99. The van der Waals surface area contributed by atoms with Crippen molar-refractivity contribution < 1.29 is 13.2 Å². The molecule has 0 unspecified atom stereocenters. The Hall–Kier alpha value is -0.780. The molecule has 1 amide bonds. The standard InChI is InChI=1S/C13H17Cl2NO3S/c1-4-16(8-9(2)3)13(17)11-7-10(20(15,18)19)5-6-12(11)14/h5-7,9H,4,8H2,1-3H3. The third-order valence-electron chi connectivity index (χ3n) is 2.70. The lowest BCUT2D eigenvalue weighted by Crippen LogP contribution is -2.34. The summed E-state index contributed by atoms with van der Waals surface area (Å²) in [5.41, 5.74) is 0.149. The zero-order chi connectivity index (χ0) is 15.5. The maximum absolute atomic E-state index is 12.4. The minimum atomic E-state index is -3.89. The first kappa shape index (κ1) is 17.3. The molecule has 20 heavy (non-hydrogen) atoms. The van der Waals surface area contributed by atoms with Crippen LogP contribution in [0.3, 0.4) is 0 Å². The molecular weight excluding hydrogens is 321 g/mol. The van der Waals surface area contributed by atoms with Crippen LogP contribution in [-0.2, 0) is 9.05 Å². The van der Waals surface area contributed by atoms with Gasteiger partial charge in [0, 0.05) is 23.8 Å². The van der Waals surface area contributed by atoms with Gasteiger partial charge >= 0.3 is 0 Å². The van der Waals surface area contributed by atoms with Gasteiger partial charge in [0.2, 0.25) is 0 Å². The van der Waals surface area contributed by atoms with E-state index in [1.54, 1.807) is 4.90 Å². The van der Waals surface area contributed by atoms with Gasteiger partial charge in [0.15, 0.2) is 0 Å². The summed E-state index contributed by atoms with van der Waals surface area (Å²) in [6.07, 6.45) is 0. The average Bonchev–Trinajstić information content (AvgIpc) is 2.34. The first-order chi connectivity index (χ1) is 9.16. The van der Waals surface area contributed by atoms with E-state index in [9.17, 15) is 13.2 Å². The van der Waals surface area contributed by atoms with Gasteiger partial charge in [-0.25, -0.2) is 8.42 Å². The van der Waals surface area contributed by atoms with Crippen molar-refractivity contribution in [2.75, 3.05) is 13.1 Å². The van der Waals surface area contributed by atoms with Crippen LogP contribution in [0.2, 0.25) is 5.02 Å². The normalized spacial score (nSPS) is 11.7. The van der Waals surface area contributed by atoms with Crippen molar-refractivity contribution in [3.05, 3.63) is 28.8 Å². The lowest BCUT2D eigenvalue weighted by molar-refractivity contribution is 0.0745. The molecule has 4 nitrogen and oxygen atoms in total. The number of carbonyl (C=O) groups is 1.